The van der Waals surface area contributed by atoms with E-state index in [9.17, 15) is 19.7 Å². The van der Waals surface area contributed by atoms with E-state index in [4.69, 9.17) is 0 Å². The molecule has 0 bridgehead atoms. The van der Waals surface area contributed by atoms with Crippen LogP contribution in [0.2, 0.25) is 0 Å². The van der Waals surface area contributed by atoms with E-state index in [1.807, 2.05) is 0 Å². The minimum Gasteiger partial charge on any atom is -0.285 e. The summed E-state index contributed by atoms with van der Waals surface area (Å²) in [4.78, 5) is 34.2. The first-order chi connectivity index (χ1) is 9.50. The molecule has 0 unspecified atom stereocenters. The van der Waals surface area contributed by atoms with Gasteiger partial charge in [-0.15, -0.1) is 0 Å². The number of nitro benzene ring substituents is 1. The van der Waals surface area contributed by atoms with E-state index in [-0.39, 0.29) is 11.3 Å². The van der Waals surface area contributed by atoms with Crippen LogP contribution in [0.4, 0.5) is 5.69 Å². The maximum Gasteiger partial charge on any atom is 0.272 e. The monoisotopic (exact) mass is 269 g/mol. The second-order valence-corrected chi connectivity index (χ2v) is 4.28. The lowest BCUT2D eigenvalue weighted by molar-refractivity contribution is -0.385. The molecule has 0 radical (unpaired) electrons. The highest BCUT2D eigenvalue weighted by molar-refractivity contribution is 6.49. The smallest absolute Gasteiger partial charge is 0.272 e. The lowest BCUT2D eigenvalue weighted by atomic mass is 10.00. The molecular formula is C15H11NO4. The van der Waals surface area contributed by atoms with Crippen LogP contribution in [0.15, 0.2) is 48.5 Å². The fourth-order valence-corrected chi connectivity index (χ4v) is 1.85. The Labute approximate surface area is 115 Å². The Morgan fingerprint density at radius 3 is 2.10 bits per heavy atom. The lowest BCUT2D eigenvalue weighted by Crippen LogP contribution is -2.14. The molecule has 0 fully saturated rings. The number of hydrogen-bond donors (Lipinski definition) is 0. The molecule has 2 aromatic rings. The zero-order valence-corrected chi connectivity index (χ0v) is 10.7. The number of hydrogen-bond acceptors (Lipinski definition) is 4. The standard InChI is InChI=1S/C15H11NO4/c1-10-9-12(7-8-13(10)16(19)20)15(18)14(17)11-5-3-2-4-6-11/h2-9H,1H3. The van der Waals surface area contributed by atoms with Gasteiger partial charge < -0.3 is 0 Å². The summed E-state index contributed by atoms with van der Waals surface area (Å²) in [5.74, 6) is -1.30. The van der Waals surface area contributed by atoms with E-state index >= 15 is 0 Å². The van der Waals surface area contributed by atoms with Crippen LogP contribution in [-0.4, -0.2) is 16.5 Å². The molecule has 0 aliphatic heterocycles. The van der Waals surface area contributed by atoms with Crippen molar-refractivity contribution in [2.24, 2.45) is 0 Å². The molecule has 0 aromatic heterocycles. The van der Waals surface area contributed by atoms with Crippen molar-refractivity contribution < 1.29 is 14.5 Å². The molecule has 0 amide bonds. The van der Waals surface area contributed by atoms with Gasteiger partial charge in [-0.2, -0.15) is 0 Å². The van der Waals surface area contributed by atoms with E-state index < -0.39 is 16.5 Å². The Morgan fingerprint density at radius 2 is 1.55 bits per heavy atom. The van der Waals surface area contributed by atoms with Gasteiger partial charge in [-0.1, -0.05) is 30.3 Å². The maximum absolute atomic E-state index is 12.1. The maximum atomic E-state index is 12.1. The van der Waals surface area contributed by atoms with Gasteiger partial charge in [-0.3, -0.25) is 19.7 Å². The summed E-state index contributed by atoms with van der Waals surface area (Å²) in [5.41, 5.74) is 0.728. The quantitative estimate of drug-likeness (QED) is 0.370. The predicted octanol–water partition coefficient (Wildman–Crippen LogP) is 2.97. The molecular weight excluding hydrogens is 258 g/mol. The first-order valence-electron chi connectivity index (χ1n) is 5.90. The van der Waals surface area contributed by atoms with Crippen molar-refractivity contribution in [3.63, 3.8) is 0 Å². The molecule has 5 nitrogen and oxygen atoms in total. The summed E-state index contributed by atoms with van der Waals surface area (Å²) in [6.07, 6.45) is 0. The van der Waals surface area contributed by atoms with Crippen molar-refractivity contribution in [3.8, 4) is 0 Å². The fraction of sp³-hybridized carbons (Fsp3) is 0.0667. The third-order valence-corrected chi connectivity index (χ3v) is 2.90. The molecule has 0 aliphatic rings. The molecule has 0 saturated carbocycles. The Kier molecular flexibility index (Phi) is 3.70. The van der Waals surface area contributed by atoms with Gasteiger partial charge in [-0.25, -0.2) is 0 Å². The second-order valence-electron chi connectivity index (χ2n) is 4.28. The van der Waals surface area contributed by atoms with Gasteiger partial charge >= 0.3 is 0 Å². The minimum atomic E-state index is -0.672. The van der Waals surface area contributed by atoms with E-state index in [0.29, 0.717) is 11.1 Å². The molecule has 0 aliphatic carbocycles. The Morgan fingerprint density at radius 1 is 0.950 bits per heavy atom. The SMILES string of the molecule is Cc1cc(C(=O)C(=O)c2ccccc2)ccc1[N+](=O)[O-]. The van der Waals surface area contributed by atoms with Gasteiger partial charge in [0.15, 0.2) is 0 Å². The highest BCUT2D eigenvalue weighted by Crippen LogP contribution is 2.19. The number of Topliss-reactive ketones (excluding diaryl/α,β-unsaturated/α-hetero) is 2. The largest absolute Gasteiger partial charge is 0.285 e. The van der Waals surface area contributed by atoms with Crippen LogP contribution in [0.25, 0.3) is 0 Å². The molecule has 0 N–H and O–H groups in total. The topological polar surface area (TPSA) is 77.3 Å². The summed E-state index contributed by atoms with van der Waals surface area (Å²) < 4.78 is 0. The lowest BCUT2D eigenvalue weighted by Gasteiger charge is -2.02. The van der Waals surface area contributed by atoms with Crippen molar-refractivity contribution in [3.05, 3.63) is 75.3 Å². The Balaban J connectivity index is 2.33. The molecule has 0 heterocycles. The Hall–Kier alpha value is -2.82. The number of nitrogens with zero attached hydrogens (tertiary/aromatic N) is 1. The molecule has 2 rings (SSSR count). The first-order valence-corrected chi connectivity index (χ1v) is 5.90. The molecule has 0 spiro atoms. The van der Waals surface area contributed by atoms with Crippen LogP contribution >= 0.6 is 0 Å². The number of ketones is 2. The molecule has 20 heavy (non-hydrogen) atoms. The zero-order chi connectivity index (χ0) is 14.7. The van der Waals surface area contributed by atoms with Crippen LogP contribution < -0.4 is 0 Å². The average molecular weight is 269 g/mol. The van der Waals surface area contributed by atoms with Crippen molar-refractivity contribution in [2.75, 3.05) is 0 Å². The summed E-state index contributed by atoms with van der Waals surface area (Å²) in [7, 11) is 0. The summed E-state index contributed by atoms with van der Waals surface area (Å²) in [6.45, 7) is 1.53. The third-order valence-electron chi connectivity index (χ3n) is 2.90. The molecule has 0 atom stereocenters. The van der Waals surface area contributed by atoms with E-state index in [2.05, 4.69) is 0 Å². The molecule has 100 valence electrons. The first kappa shape index (κ1) is 13.6. The third kappa shape index (κ3) is 2.61. The van der Waals surface area contributed by atoms with Crippen LogP contribution in [-0.2, 0) is 0 Å². The fourth-order valence-electron chi connectivity index (χ4n) is 1.85. The zero-order valence-electron chi connectivity index (χ0n) is 10.7. The minimum absolute atomic E-state index is 0.0753. The normalized spacial score (nSPS) is 10.1. The number of nitro groups is 1. The van der Waals surface area contributed by atoms with Crippen LogP contribution in [0.1, 0.15) is 26.3 Å². The Bertz CT molecular complexity index is 692. The van der Waals surface area contributed by atoms with Crippen molar-refractivity contribution in [2.45, 2.75) is 6.92 Å². The van der Waals surface area contributed by atoms with Gasteiger partial charge in [0, 0.05) is 22.8 Å². The number of carbonyl (C=O) groups is 2. The van der Waals surface area contributed by atoms with Crippen molar-refractivity contribution >= 4 is 17.3 Å². The van der Waals surface area contributed by atoms with Crippen molar-refractivity contribution in [1.82, 2.24) is 0 Å². The van der Waals surface area contributed by atoms with Crippen LogP contribution in [0.5, 0.6) is 0 Å². The summed E-state index contributed by atoms with van der Waals surface area (Å²) in [5, 5.41) is 10.7. The molecule has 5 heteroatoms. The van der Waals surface area contributed by atoms with E-state index in [0.717, 1.165) is 0 Å². The summed E-state index contributed by atoms with van der Waals surface area (Å²) in [6, 6.07) is 12.1. The number of carbonyl (C=O) groups excluding carboxylic acids is 2. The number of benzene rings is 2. The predicted molar refractivity (Wildman–Crippen MR) is 72.9 cm³/mol. The highest BCUT2D eigenvalue weighted by atomic mass is 16.6. The van der Waals surface area contributed by atoms with E-state index in [1.165, 1.54) is 25.1 Å². The summed E-state index contributed by atoms with van der Waals surface area (Å²) >= 11 is 0. The van der Waals surface area contributed by atoms with Crippen LogP contribution in [0.3, 0.4) is 0 Å². The van der Waals surface area contributed by atoms with E-state index in [1.54, 1.807) is 30.3 Å². The van der Waals surface area contributed by atoms with Gasteiger partial charge in [-0.05, 0) is 19.1 Å². The van der Waals surface area contributed by atoms with Gasteiger partial charge in [0.25, 0.3) is 5.69 Å². The van der Waals surface area contributed by atoms with Crippen molar-refractivity contribution in [1.29, 1.82) is 0 Å². The molecule has 2 aromatic carbocycles. The van der Waals surface area contributed by atoms with Crippen LogP contribution in [0, 0.1) is 17.0 Å². The second kappa shape index (κ2) is 5.44. The number of aryl methyl sites for hydroxylation is 1. The van der Waals surface area contributed by atoms with Gasteiger partial charge in [0.2, 0.25) is 11.6 Å². The average Bonchev–Trinajstić information content (AvgIpc) is 2.46. The molecule has 0 saturated heterocycles. The highest BCUT2D eigenvalue weighted by Gasteiger charge is 2.20. The van der Waals surface area contributed by atoms with Gasteiger partial charge in [0.1, 0.15) is 0 Å². The number of rotatable bonds is 4. The van der Waals surface area contributed by atoms with Gasteiger partial charge in [0.05, 0.1) is 4.92 Å².